The molecule has 1 aromatic heterocycles. The second kappa shape index (κ2) is 7.36. The molecule has 0 aromatic carbocycles. The van der Waals surface area contributed by atoms with Crippen molar-refractivity contribution >= 4 is 5.91 Å². The number of hydrogen-bond acceptors (Lipinski definition) is 4. The molecule has 5 heteroatoms. The molecule has 0 atom stereocenters. The smallest absolute Gasteiger partial charge is 0.231 e. The van der Waals surface area contributed by atoms with Crippen molar-refractivity contribution in [2.45, 2.75) is 25.3 Å². The van der Waals surface area contributed by atoms with E-state index in [-0.39, 0.29) is 5.91 Å². The van der Waals surface area contributed by atoms with Crippen LogP contribution in [0.3, 0.4) is 0 Å². The lowest BCUT2D eigenvalue weighted by molar-refractivity contribution is -0.119. The molecule has 5 nitrogen and oxygen atoms in total. The first-order valence-corrected chi connectivity index (χ1v) is 7.26. The van der Waals surface area contributed by atoms with Gasteiger partial charge >= 0.3 is 0 Å². The van der Waals surface area contributed by atoms with Crippen LogP contribution in [0.25, 0.3) is 0 Å². The summed E-state index contributed by atoms with van der Waals surface area (Å²) < 4.78 is 0. The van der Waals surface area contributed by atoms with Gasteiger partial charge in [-0.3, -0.25) is 14.7 Å². The third kappa shape index (κ3) is 4.58. The van der Waals surface area contributed by atoms with Crippen LogP contribution in [0.5, 0.6) is 0 Å². The number of pyridine rings is 1. The first-order chi connectivity index (χ1) is 9.65. The molecule has 2 heterocycles. The molecule has 2 N–H and O–H groups in total. The highest BCUT2D eigenvalue weighted by Crippen LogP contribution is 2.15. The van der Waals surface area contributed by atoms with Crippen molar-refractivity contribution in [3.8, 4) is 0 Å². The number of carbonyl (C=O) groups excluding carboxylic acids is 1. The van der Waals surface area contributed by atoms with Crippen LogP contribution in [0.1, 0.15) is 18.5 Å². The van der Waals surface area contributed by atoms with E-state index in [9.17, 15) is 4.79 Å². The maximum atomic E-state index is 10.9. The number of carbonyl (C=O) groups is 1. The van der Waals surface area contributed by atoms with E-state index in [0.29, 0.717) is 12.6 Å². The number of hydrogen-bond donors (Lipinski definition) is 1. The van der Waals surface area contributed by atoms with Crippen LogP contribution in [0.15, 0.2) is 24.4 Å². The highest BCUT2D eigenvalue weighted by molar-refractivity contribution is 5.75. The van der Waals surface area contributed by atoms with Crippen molar-refractivity contribution in [3.05, 3.63) is 30.1 Å². The monoisotopic (exact) mass is 276 g/mol. The van der Waals surface area contributed by atoms with E-state index in [0.717, 1.165) is 44.6 Å². The standard InChI is InChI=1S/C15H24N4O/c1-18(12-15(16)20)14-6-10-19(11-7-14)9-5-13-4-2-3-8-17-13/h2-4,8,14H,5-7,9-12H2,1H3,(H2,16,20). The van der Waals surface area contributed by atoms with Gasteiger partial charge in [-0.05, 0) is 45.1 Å². The number of piperidine rings is 1. The lowest BCUT2D eigenvalue weighted by Gasteiger charge is -2.36. The van der Waals surface area contributed by atoms with E-state index in [4.69, 9.17) is 5.73 Å². The summed E-state index contributed by atoms with van der Waals surface area (Å²) in [5, 5.41) is 0. The highest BCUT2D eigenvalue weighted by atomic mass is 16.1. The molecule has 0 spiro atoms. The zero-order chi connectivity index (χ0) is 14.4. The summed E-state index contributed by atoms with van der Waals surface area (Å²) in [7, 11) is 1.99. The Kier molecular flexibility index (Phi) is 5.49. The molecular weight excluding hydrogens is 252 g/mol. The Morgan fingerprint density at radius 3 is 2.80 bits per heavy atom. The molecule has 20 heavy (non-hydrogen) atoms. The van der Waals surface area contributed by atoms with Gasteiger partial charge in [0.15, 0.2) is 0 Å². The van der Waals surface area contributed by atoms with Gasteiger partial charge in [0.1, 0.15) is 0 Å². The van der Waals surface area contributed by atoms with Gasteiger partial charge < -0.3 is 10.6 Å². The molecule has 1 aromatic rings. The summed E-state index contributed by atoms with van der Waals surface area (Å²) in [6.45, 7) is 3.59. The minimum absolute atomic E-state index is 0.245. The zero-order valence-corrected chi connectivity index (χ0v) is 12.2. The number of nitrogens with two attached hydrogens (primary N) is 1. The molecule has 0 aliphatic carbocycles. The van der Waals surface area contributed by atoms with E-state index < -0.39 is 0 Å². The summed E-state index contributed by atoms with van der Waals surface area (Å²) in [6, 6.07) is 6.54. The van der Waals surface area contributed by atoms with E-state index in [2.05, 4.69) is 20.9 Å². The number of likely N-dealkylation sites (tertiary alicyclic amines) is 1. The molecular formula is C15H24N4O. The third-order valence-corrected chi connectivity index (χ3v) is 4.00. The fourth-order valence-corrected chi connectivity index (χ4v) is 2.78. The van der Waals surface area contributed by atoms with E-state index >= 15 is 0 Å². The summed E-state index contributed by atoms with van der Waals surface area (Å²) in [5.41, 5.74) is 6.39. The number of aromatic nitrogens is 1. The number of rotatable bonds is 6. The topological polar surface area (TPSA) is 62.5 Å². The van der Waals surface area contributed by atoms with Crippen LogP contribution in [-0.2, 0) is 11.2 Å². The van der Waals surface area contributed by atoms with Gasteiger partial charge in [-0.2, -0.15) is 0 Å². The maximum absolute atomic E-state index is 10.9. The van der Waals surface area contributed by atoms with Crippen molar-refractivity contribution in [2.24, 2.45) is 5.73 Å². The SMILES string of the molecule is CN(CC(N)=O)C1CCN(CCc2ccccn2)CC1. The Morgan fingerprint density at radius 2 is 2.20 bits per heavy atom. The largest absolute Gasteiger partial charge is 0.369 e. The fourth-order valence-electron chi connectivity index (χ4n) is 2.78. The number of nitrogens with zero attached hydrogens (tertiary/aromatic N) is 3. The average molecular weight is 276 g/mol. The highest BCUT2D eigenvalue weighted by Gasteiger charge is 2.22. The Morgan fingerprint density at radius 1 is 1.45 bits per heavy atom. The minimum atomic E-state index is -0.245. The third-order valence-electron chi connectivity index (χ3n) is 4.00. The van der Waals surface area contributed by atoms with E-state index in [1.807, 2.05) is 25.4 Å². The van der Waals surface area contributed by atoms with Crippen LogP contribution in [-0.4, -0.2) is 60.0 Å². The Balaban J connectivity index is 1.70. The molecule has 0 unspecified atom stereocenters. The second-order valence-electron chi connectivity index (χ2n) is 5.53. The van der Waals surface area contributed by atoms with Crippen LogP contribution in [0.2, 0.25) is 0 Å². The molecule has 1 saturated heterocycles. The Bertz CT molecular complexity index is 415. The predicted molar refractivity (Wildman–Crippen MR) is 79.2 cm³/mol. The Hall–Kier alpha value is -1.46. The van der Waals surface area contributed by atoms with Crippen LogP contribution >= 0.6 is 0 Å². The maximum Gasteiger partial charge on any atom is 0.231 e. The van der Waals surface area contributed by atoms with Crippen LogP contribution in [0.4, 0.5) is 0 Å². The van der Waals surface area contributed by atoms with Gasteiger partial charge in [0.25, 0.3) is 0 Å². The van der Waals surface area contributed by atoms with Crippen molar-refractivity contribution < 1.29 is 4.79 Å². The van der Waals surface area contributed by atoms with Crippen LogP contribution in [0, 0.1) is 0 Å². The quantitative estimate of drug-likeness (QED) is 0.822. The zero-order valence-electron chi connectivity index (χ0n) is 12.2. The van der Waals surface area contributed by atoms with Gasteiger partial charge in [-0.15, -0.1) is 0 Å². The number of amides is 1. The van der Waals surface area contributed by atoms with Crippen molar-refractivity contribution in [1.82, 2.24) is 14.8 Å². The van der Waals surface area contributed by atoms with E-state index in [1.165, 1.54) is 0 Å². The lowest BCUT2D eigenvalue weighted by atomic mass is 10.0. The molecule has 0 radical (unpaired) electrons. The molecule has 1 aliphatic heterocycles. The minimum Gasteiger partial charge on any atom is -0.369 e. The second-order valence-corrected chi connectivity index (χ2v) is 5.53. The first-order valence-electron chi connectivity index (χ1n) is 7.26. The number of primary amides is 1. The normalized spacial score (nSPS) is 17.5. The molecule has 1 amide bonds. The molecule has 1 aliphatic rings. The first kappa shape index (κ1) is 14.9. The van der Waals surface area contributed by atoms with Gasteiger partial charge in [0, 0.05) is 30.9 Å². The van der Waals surface area contributed by atoms with Gasteiger partial charge in [-0.1, -0.05) is 6.07 Å². The number of likely N-dealkylation sites (N-methyl/N-ethyl adjacent to an activating group) is 1. The molecule has 0 bridgehead atoms. The fraction of sp³-hybridized carbons (Fsp3) is 0.600. The Labute approximate surface area is 120 Å². The van der Waals surface area contributed by atoms with Gasteiger partial charge in [-0.25, -0.2) is 0 Å². The average Bonchev–Trinajstić information content (AvgIpc) is 2.46. The molecule has 2 rings (SSSR count). The van der Waals surface area contributed by atoms with Gasteiger partial charge in [0.05, 0.1) is 6.54 Å². The van der Waals surface area contributed by atoms with Crippen molar-refractivity contribution in [1.29, 1.82) is 0 Å². The summed E-state index contributed by atoms with van der Waals surface area (Å²) in [6.07, 6.45) is 5.06. The molecule has 0 saturated carbocycles. The van der Waals surface area contributed by atoms with E-state index in [1.54, 1.807) is 0 Å². The molecule has 1 fully saturated rings. The summed E-state index contributed by atoms with van der Waals surface area (Å²) in [4.78, 5) is 19.8. The summed E-state index contributed by atoms with van der Waals surface area (Å²) >= 11 is 0. The van der Waals surface area contributed by atoms with Gasteiger partial charge in [0.2, 0.25) is 5.91 Å². The van der Waals surface area contributed by atoms with Crippen molar-refractivity contribution in [2.75, 3.05) is 33.2 Å². The summed E-state index contributed by atoms with van der Waals surface area (Å²) in [5.74, 6) is -0.245. The van der Waals surface area contributed by atoms with Crippen molar-refractivity contribution in [3.63, 3.8) is 0 Å². The van der Waals surface area contributed by atoms with Crippen LogP contribution < -0.4 is 5.73 Å². The predicted octanol–water partition coefficient (Wildman–Crippen LogP) is 0.506. The lowest BCUT2D eigenvalue weighted by Crippen LogP contribution is -2.46. The molecule has 110 valence electrons.